The van der Waals surface area contributed by atoms with Gasteiger partial charge in [0.25, 0.3) is 0 Å². The summed E-state index contributed by atoms with van der Waals surface area (Å²) >= 11 is 0. The Bertz CT molecular complexity index is 541. The van der Waals surface area contributed by atoms with Crippen LogP contribution in [0.4, 0.5) is 0 Å². The van der Waals surface area contributed by atoms with Crippen molar-refractivity contribution in [1.29, 1.82) is 0 Å². The van der Waals surface area contributed by atoms with E-state index < -0.39 is 17.3 Å². The van der Waals surface area contributed by atoms with E-state index in [1.54, 1.807) is 6.08 Å². The van der Waals surface area contributed by atoms with Crippen LogP contribution in [0.2, 0.25) is 0 Å². The second-order valence-corrected chi connectivity index (χ2v) is 8.05. The van der Waals surface area contributed by atoms with Crippen LogP contribution in [-0.2, 0) is 4.74 Å². The monoisotopic (exact) mass is 364 g/mol. The standard InChI is InChI=1S/C22H36O4/c1-6-22(25,14-11-17(2)3)18(4)8-7-13-21(5)20(24)10-9-19(12-15-23)16-26-21/h1,11-12,18,20,23-25H,7-10,13-16H2,2-5H3/b19-12+/t18?,20-,21+,22?/m1/s1. The summed E-state index contributed by atoms with van der Waals surface area (Å²) in [7, 11) is 0. The highest BCUT2D eigenvalue weighted by atomic mass is 16.5. The van der Waals surface area contributed by atoms with Crippen molar-refractivity contribution in [2.75, 3.05) is 13.2 Å². The summed E-state index contributed by atoms with van der Waals surface area (Å²) in [4.78, 5) is 0. The summed E-state index contributed by atoms with van der Waals surface area (Å²) in [6.45, 7) is 8.35. The van der Waals surface area contributed by atoms with E-state index in [-0.39, 0.29) is 12.5 Å². The third-order valence-electron chi connectivity index (χ3n) is 5.61. The highest BCUT2D eigenvalue weighted by Crippen LogP contribution is 2.33. The van der Waals surface area contributed by atoms with E-state index in [0.717, 1.165) is 30.4 Å². The van der Waals surface area contributed by atoms with E-state index in [1.165, 1.54) is 0 Å². The van der Waals surface area contributed by atoms with Crippen LogP contribution in [0.25, 0.3) is 0 Å². The number of rotatable bonds is 8. The normalized spacial score (nSPS) is 28.7. The fraction of sp³-hybridized carbons (Fsp3) is 0.727. The summed E-state index contributed by atoms with van der Waals surface area (Å²) < 4.78 is 6.00. The Hall–Kier alpha value is -1.12. The predicted molar refractivity (Wildman–Crippen MR) is 106 cm³/mol. The zero-order chi connectivity index (χ0) is 19.8. The van der Waals surface area contributed by atoms with E-state index in [1.807, 2.05) is 33.8 Å². The lowest BCUT2D eigenvalue weighted by Crippen LogP contribution is -2.41. The second kappa shape index (κ2) is 10.3. The maximum absolute atomic E-state index is 10.7. The molecule has 1 aliphatic heterocycles. The average Bonchev–Trinajstić information content (AvgIpc) is 2.74. The van der Waals surface area contributed by atoms with Crippen molar-refractivity contribution in [1.82, 2.24) is 0 Å². The highest BCUT2D eigenvalue weighted by molar-refractivity contribution is 5.14. The molecule has 4 heteroatoms. The number of aliphatic hydroxyl groups is 3. The lowest BCUT2D eigenvalue weighted by atomic mass is 9.81. The number of hydrogen-bond donors (Lipinski definition) is 3. The van der Waals surface area contributed by atoms with Crippen LogP contribution in [0.15, 0.2) is 23.3 Å². The lowest BCUT2D eigenvalue weighted by molar-refractivity contribution is -0.105. The summed E-state index contributed by atoms with van der Waals surface area (Å²) in [5, 5.41) is 30.3. The number of hydrogen-bond acceptors (Lipinski definition) is 4. The summed E-state index contributed by atoms with van der Waals surface area (Å²) in [6.07, 6.45) is 12.9. The molecular formula is C22H36O4. The van der Waals surface area contributed by atoms with Gasteiger partial charge in [-0.2, -0.15) is 0 Å². The minimum absolute atomic E-state index is 0.000625. The van der Waals surface area contributed by atoms with Gasteiger partial charge in [-0.3, -0.25) is 0 Å². The smallest absolute Gasteiger partial charge is 0.131 e. The third kappa shape index (κ3) is 6.55. The molecule has 148 valence electrons. The predicted octanol–water partition coefficient (Wildman–Crippen LogP) is 3.36. The Morgan fingerprint density at radius 1 is 1.50 bits per heavy atom. The van der Waals surface area contributed by atoms with Crippen LogP contribution >= 0.6 is 0 Å². The van der Waals surface area contributed by atoms with Crippen LogP contribution < -0.4 is 0 Å². The molecule has 0 amide bonds. The topological polar surface area (TPSA) is 69.9 Å². The van der Waals surface area contributed by atoms with Crippen molar-refractivity contribution in [3.05, 3.63) is 23.3 Å². The molecule has 1 aliphatic rings. The van der Waals surface area contributed by atoms with Crippen molar-refractivity contribution < 1.29 is 20.1 Å². The molecule has 1 rings (SSSR count). The first kappa shape index (κ1) is 22.9. The SMILES string of the molecule is C#CC(O)(CC=C(C)C)C(C)CCC[C@]1(C)OC/C(=C/CO)CC[C@H]1O. The van der Waals surface area contributed by atoms with Crippen molar-refractivity contribution in [3.8, 4) is 12.3 Å². The van der Waals surface area contributed by atoms with Gasteiger partial charge >= 0.3 is 0 Å². The Balaban J connectivity index is 2.63. The number of terminal acetylenes is 1. The molecule has 0 aromatic rings. The summed E-state index contributed by atoms with van der Waals surface area (Å²) in [5.41, 5.74) is 0.420. The molecule has 1 fully saturated rings. The van der Waals surface area contributed by atoms with Gasteiger partial charge in [-0.25, -0.2) is 0 Å². The zero-order valence-corrected chi connectivity index (χ0v) is 16.8. The van der Waals surface area contributed by atoms with E-state index in [4.69, 9.17) is 16.3 Å². The summed E-state index contributed by atoms with van der Waals surface area (Å²) in [6, 6.07) is 0. The van der Waals surface area contributed by atoms with Crippen LogP contribution in [0.5, 0.6) is 0 Å². The number of allylic oxidation sites excluding steroid dienone is 1. The molecule has 0 aromatic heterocycles. The molecule has 0 radical (unpaired) electrons. The molecule has 3 N–H and O–H groups in total. The quantitative estimate of drug-likeness (QED) is 0.456. The molecule has 2 unspecified atom stereocenters. The van der Waals surface area contributed by atoms with Gasteiger partial charge in [-0.05, 0) is 57.9 Å². The van der Waals surface area contributed by atoms with Crippen LogP contribution in [0.1, 0.15) is 66.2 Å². The van der Waals surface area contributed by atoms with Crippen LogP contribution in [-0.4, -0.2) is 45.8 Å². The van der Waals surface area contributed by atoms with Gasteiger partial charge in [-0.1, -0.05) is 37.0 Å². The maximum atomic E-state index is 10.7. The molecular weight excluding hydrogens is 328 g/mol. The first-order chi connectivity index (χ1) is 12.2. The molecule has 4 atom stereocenters. The number of ether oxygens (including phenoxy) is 1. The molecule has 0 spiro atoms. The highest BCUT2D eigenvalue weighted by Gasteiger charge is 2.37. The Labute approximate surface area is 159 Å². The van der Waals surface area contributed by atoms with Crippen molar-refractivity contribution in [2.24, 2.45) is 5.92 Å². The Kier molecular flexibility index (Phi) is 9.06. The van der Waals surface area contributed by atoms with Crippen LogP contribution in [0, 0.1) is 18.3 Å². The van der Waals surface area contributed by atoms with Gasteiger partial charge in [0.05, 0.1) is 24.9 Å². The van der Waals surface area contributed by atoms with Gasteiger partial charge in [0.2, 0.25) is 0 Å². The van der Waals surface area contributed by atoms with Gasteiger partial charge < -0.3 is 20.1 Å². The molecule has 26 heavy (non-hydrogen) atoms. The molecule has 1 heterocycles. The Morgan fingerprint density at radius 2 is 2.19 bits per heavy atom. The fourth-order valence-corrected chi connectivity index (χ4v) is 3.34. The third-order valence-corrected chi connectivity index (χ3v) is 5.61. The molecule has 0 bridgehead atoms. The average molecular weight is 365 g/mol. The first-order valence-corrected chi connectivity index (χ1v) is 9.61. The van der Waals surface area contributed by atoms with Gasteiger partial charge in [-0.15, -0.1) is 6.42 Å². The van der Waals surface area contributed by atoms with E-state index in [2.05, 4.69) is 5.92 Å². The van der Waals surface area contributed by atoms with E-state index in [0.29, 0.717) is 25.9 Å². The van der Waals surface area contributed by atoms with Crippen molar-refractivity contribution in [3.63, 3.8) is 0 Å². The summed E-state index contributed by atoms with van der Waals surface area (Å²) in [5.74, 6) is 2.53. The fourth-order valence-electron chi connectivity index (χ4n) is 3.34. The minimum Gasteiger partial charge on any atom is -0.392 e. The van der Waals surface area contributed by atoms with Crippen molar-refractivity contribution >= 4 is 0 Å². The second-order valence-electron chi connectivity index (χ2n) is 8.05. The number of aliphatic hydroxyl groups excluding tert-OH is 2. The molecule has 0 saturated carbocycles. The molecule has 4 nitrogen and oxygen atoms in total. The largest absolute Gasteiger partial charge is 0.392 e. The first-order valence-electron chi connectivity index (χ1n) is 9.61. The zero-order valence-electron chi connectivity index (χ0n) is 16.8. The van der Waals surface area contributed by atoms with Gasteiger partial charge in [0.1, 0.15) is 5.60 Å². The minimum atomic E-state index is -1.14. The molecule has 1 saturated heterocycles. The van der Waals surface area contributed by atoms with Crippen molar-refractivity contribution in [2.45, 2.75) is 83.5 Å². The lowest BCUT2D eigenvalue weighted by Gasteiger charge is -2.34. The van der Waals surface area contributed by atoms with Gasteiger partial charge in [0, 0.05) is 6.42 Å². The maximum Gasteiger partial charge on any atom is 0.131 e. The molecule has 0 aromatic carbocycles. The van der Waals surface area contributed by atoms with Crippen LogP contribution in [0.3, 0.4) is 0 Å². The van der Waals surface area contributed by atoms with E-state index in [9.17, 15) is 10.2 Å². The molecule has 0 aliphatic carbocycles. The van der Waals surface area contributed by atoms with E-state index >= 15 is 0 Å². The van der Waals surface area contributed by atoms with Gasteiger partial charge in [0.15, 0.2) is 0 Å². The Morgan fingerprint density at radius 3 is 2.77 bits per heavy atom.